The van der Waals surface area contributed by atoms with E-state index < -0.39 is 0 Å². The molecule has 0 bridgehead atoms. The van der Waals surface area contributed by atoms with Crippen LogP contribution in [0.5, 0.6) is 0 Å². The van der Waals surface area contributed by atoms with Gasteiger partial charge in [0.1, 0.15) is 5.82 Å². The molecule has 1 fully saturated rings. The van der Waals surface area contributed by atoms with Crippen LogP contribution in [0.25, 0.3) is 0 Å². The van der Waals surface area contributed by atoms with E-state index in [2.05, 4.69) is 24.8 Å². The topological polar surface area (TPSA) is 58.0 Å². The molecule has 0 aliphatic carbocycles. The highest BCUT2D eigenvalue weighted by atomic mass is 19.1. The number of halogens is 1. The maximum absolute atomic E-state index is 14.2. The van der Waals surface area contributed by atoms with Gasteiger partial charge in [-0.1, -0.05) is 0 Å². The summed E-state index contributed by atoms with van der Waals surface area (Å²) in [5.41, 5.74) is 1.42. The monoisotopic (exact) mass is 316 g/mol. The predicted molar refractivity (Wildman–Crippen MR) is 85.9 cm³/mol. The number of piperazine rings is 1. The van der Waals surface area contributed by atoms with Crippen molar-refractivity contribution in [2.75, 3.05) is 37.6 Å². The van der Waals surface area contributed by atoms with Gasteiger partial charge in [0, 0.05) is 57.7 Å². The minimum absolute atomic E-state index is 0.302. The molecule has 0 aromatic carbocycles. The standard InChI is InChI=1S/C16H21FN6/c1-12-15(17)16(21-13(2)20-12)23-9-7-22(8-10-23)6-3-14-11-18-4-5-19-14/h4-5,11H,3,6-10H2,1-2H3. The summed E-state index contributed by atoms with van der Waals surface area (Å²) in [6.07, 6.45) is 6.09. The van der Waals surface area contributed by atoms with Gasteiger partial charge in [-0.3, -0.25) is 14.9 Å². The molecule has 1 saturated heterocycles. The van der Waals surface area contributed by atoms with E-state index in [9.17, 15) is 4.39 Å². The van der Waals surface area contributed by atoms with Crippen molar-refractivity contribution < 1.29 is 4.39 Å². The summed E-state index contributed by atoms with van der Waals surface area (Å²) in [6.45, 7) is 7.75. The van der Waals surface area contributed by atoms with Crippen LogP contribution in [-0.2, 0) is 6.42 Å². The van der Waals surface area contributed by atoms with E-state index in [-0.39, 0.29) is 5.82 Å². The first-order valence-corrected chi connectivity index (χ1v) is 7.86. The Hall–Kier alpha value is -2.15. The summed E-state index contributed by atoms with van der Waals surface area (Å²) in [6, 6.07) is 0. The average molecular weight is 316 g/mol. The Labute approximate surface area is 135 Å². The maximum Gasteiger partial charge on any atom is 0.186 e. The zero-order valence-electron chi connectivity index (χ0n) is 13.5. The molecule has 6 nitrogen and oxygen atoms in total. The van der Waals surface area contributed by atoms with Crippen molar-refractivity contribution in [3.63, 3.8) is 0 Å². The second-order valence-corrected chi connectivity index (χ2v) is 5.77. The largest absolute Gasteiger partial charge is 0.352 e. The Morgan fingerprint density at radius 1 is 1.09 bits per heavy atom. The average Bonchev–Trinajstić information content (AvgIpc) is 2.58. The number of hydrogen-bond acceptors (Lipinski definition) is 6. The fourth-order valence-electron chi connectivity index (χ4n) is 2.81. The minimum atomic E-state index is -0.302. The molecule has 1 aliphatic heterocycles. The fraction of sp³-hybridized carbons (Fsp3) is 0.500. The van der Waals surface area contributed by atoms with Crippen LogP contribution < -0.4 is 4.90 Å². The first kappa shape index (κ1) is 15.7. The van der Waals surface area contributed by atoms with Crippen LogP contribution in [0.4, 0.5) is 10.2 Å². The first-order valence-electron chi connectivity index (χ1n) is 7.86. The lowest BCUT2D eigenvalue weighted by Gasteiger charge is -2.35. The fourth-order valence-corrected chi connectivity index (χ4v) is 2.81. The zero-order valence-corrected chi connectivity index (χ0v) is 13.5. The number of nitrogens with zero attached hydrogens (tertiary/aromatic N) is 6. The van der Waals surface area contributed by atoms with E-state index in [0.29, 0.717) is 17.3 Å². The summed E-state index contributed by atoms with van der Waals surface area (Å²) in [7, 11) is 0. The van der Waals surface area contributed by atoms with Crippen LogP contribution >= 0.6 is 0 Å². The zero-order chi connectivity index (χ0) is 16.2. The van der Waals surface area contributed by atoms with Gasteiger partial charge < -0.3 is 4.90 Å². The van der Waals surface area contributed by atoms with E-state index in [1.165, 1.54) is 0 Å². The molecular weight excluding hydrogens is 295 g/mol. The van der Waals surface area contributed by atoms with Gasteiger partial charge in [0.15, 0.2) is 11.6 Å². The molecular formula is C16H21FN6. The molecule has 23 heavy (non-hydrogen) atoms. The first-order chi connectivity index (χ1) is 11.1. The lowest BCUT2D eigenvalue weighted by Crippen LogP contribution is -2.47. The SMILES string of the molecule is Cc1nc(C)c(F)c(N2CCN(CCc3cnccn3)CC2)n1. The Bertz CT molecular complexity index is 655. The minimum Gasteiger partial charge on any atom is -0.352 e. The summed E-state index contributed by atoms with van der Waals surface area (Å²) < 4.78 is 14.2. The van der Waals surface area contributed by atoms with Gasteiger partial charge in [-0.2, -0.15) is 0 Å². The Morgan fingerprint density at radius 3 is 2.57 bits per heavy atom. The third-order valence-corrected chi connectivity index (χ3v) is 4.08. The molecule has 0 N–H and O–H groups in total. The molecule has 3 rings (SSSR count). The van der Waals surface area contributed by atoms with Crippen LogP contribution in [0.15, 0.2) is 18.6 Å². The van der Waals surface area contributed by atoms with Crippen molar-refractivity contribution >= 4 is 5.82 Å². The quantitative estimate of drug-likeness (QED) is 0.849. The van der Waals surface area contributed by atoms with E-state index >= 15 is 0 Å². The van der Waals surface area contributed by atoms with Crippen molar-refractivity contribution in [1.82, 2.24) is 24.8 Å². The number of aromatic nitrogens is 4. The molecule has 0 amide bonds. The number of rotatable bonds is 4. The summed E-state index contributed by atoms with van der Waals surface area (Å²) in [4.78, 5) is 21.1. The van der Waals surface area contributed by atoms with Gasteiger partial charge in [0.05, 0.1) is 11.4 Å². The Kier molecular flexibility index (Phi) is 4.76. The molecule has 2 aromatic rings. The van der Waals surface area contributed by atoms with Crippen LogP contribution in [0.2, 0.25) is 0 Å². The van der Waals surface area contributed by atoms with Crippen LogP contribution in [-0.4, -0.2) is 57.6 Å². The van der Waals surface area contributed by atoms with Crippen LogP contribution in [0.3, 0.4) is 0 Å². The van der Waals surface area contributed by atoms with Gasteiger partial charge in [-0.05, 0) is 13.8 Å². The Morgan fingerprint density at radius 2 is 1.87 bits per heavy atom. The number of anilines is 1. The molecule has 2 aromatic heterocycles. The van der Waals surface area contributed by atoms with Crippen LogP contribution in [0, 0.1) is 19.7 Å². The second-order valence-electron chi connectivity index (χ2n) is 5.77. The van der Waals surface area contributed by atoms with E-state index in [1.807, 2.05) is 4.90 Å². The predicted octanol–water partition coefficient (Wildman–Crippen LogP) is 1.39. The normalized spacial score (nSPS) is 15.9. The molecule has 0 atom stereocenters. The third-order valence-electron chi connectivity index (χ3n) is 4.08. The van der Waals surface area contributed by atoms with Crippen molar-refractivity contribution in [2.24, 2.45) is 0 Å². The van der Waals surface area contributed by atoms with E-state index in [0.717, 1.165) is 44.8 Å². The summed E-state index contributed by atoms with van der Waals surface area (Å²) in [5, 5.41) is 0. The van der Waals surface area contributed by atoms with Crippen molar-refractivity contribution in [1.29, 1.82) is 0 Å². The van der Waals surface area contributed by atoms with Crippen molar-refractivity contribution in [3.05, 3.63) is 41.6 Å². The lowest BCUT2D eigenvalue weighted by molar-refractivity contribution is 0.258. The Balaban J connectivity index is 1.56. The summed E-state index contributed by atoms with van der Waals surface area (Å²) in [5.74, 6) is 0.746. The molecule has 122 valence electrons. The van der Waals surface area contributed by atoms with Gasteiger partial charge >= 0.3 is 0 Å². The van der Waals surface area contributed by atoms with Gasteiger partial charge in [-0.15, -0.1) is 0 Å². The van der Waals surface area contributed by atoms with E-state index in [1.54, 1.807) is 32.4 Å². The van der Waals surface area contributed by atoms with Crippen LogP contribution in [0.1, 0.15) is 17.2 Å². The summed E-state index contributed by atoms with van der Waals surface area (Å²) >= 11 is 0. The molecule has 1 aliphatic rings. The third kappa shape index (κ3) is 3.79. The van der Waals surface area contributed by atoms with Gasteiger partial charge in [-0.25, -0.2) is 14.4 Å². The molecule has 7 heteroatoms. The van der Waals surface area contributed by atoms with Crippen molar-refractivity contribution in [2.45, 2.75) is 20.3 Å². The number of hydrogen-bond donors (Lipinski definition) is 0. The molecule has 0 saturated carbocycles. The molecule has 0 spiro atoms. The highest BCUT2D eigenvalue weighted by molar-refractivity contribution is 5.42. The van der Waals surface area contributed by atoms with Gasteiger partial charge in [0.25, 0.3) is 0 Å². The molecule has 0 unspecified atom stereocenters. The maximum atomic E-state index is 14.2. The van der Waals surface area contributed by atoms with Gasteiger partial charge in [0.2, 0.25) is 0 Å². The molecule has 3 heterocycles. The second kappa shape index (κ2) is 6.95. The highest BCUT2D eigenvalue weighted by Crippen LogP contribution is 2.20. The smallest absolute Gasteiger partial charge is 0.186 e. The molecule has 0 radical (unpaired) electrons. The number of aryl methyl sites for hydroxylation is 2. The highest BCUT2D eigenvalue weighted by Gasteiger charge is 2.22. The van der Waals surface area contributed by atoms with E-state index in [4.69, 9.17) is 0 Å². The van der Waals surface area contributed by atoms with Crippen molar-refractivity contribution in [3.8, 4) is 0 Å². The lowest BCUT2D eigenvalue weighted by atomic mass is 10.2.